The average molecular weight is 277 g/mol. The molecule has 20 heavy (non-hydrogen) atoms. The van der Waals surface area contributed by atoms with E-state index >= 15 is 0 Å². The van der Waals surface area contributed by atoms with Crippen molar-refractivity contribution in [2.75, 3.05) is 5.32 Å². The maximum Gasteiger partial charge on any atom is 0.306 e. The number of para-hydroxylation sites is 1. The highest BCUT2D eigenvalue weighted by Gasteiger charge is 2.25. The number of hydrogen-bond donors (Lipinski definition) is 2. The third-order valence-electron chi connectivity index (χ3n) is 3.44. The lowest BCUT2D eigenvalue weighted by Gasteiger charge is -2.19. The molecule has 0 bridgehead atoms. The first kappa shape index (κ1) is 16.2. The summed E-state index contributed by atoms with van der Waals surface area (Å²) in [6.45, 7) is 3.87. The molecule has 0 unspecified atom stereocenters. The Balaban J connectivity index is 2.52. The van der Waals surface area contributed by atoms with E-state index < -0.39 is 11.9 Å². The van der Waals surface area contributed by atoms with E-state index in [0.717, 1.165) is 18.5 Å². The van der Waals surface area contributed by atoms with Gasteiger partial charge in [-0.3, -0.25) is 9.59 Å². The molecule has 110 valence electrons. The molecule has 2 N–H and O–H groups in total. The van der Waals surface area contributed by atoms with Crippen molar-refractivity contribution in [1.29, 1.82) is 0 Å². The molecule has 0 aliphatic carbocycles. The number of anilines is 1. The van der Waals surface area contributed by atoms with Crippen LogP contribution < -0.4 is 5.32 Å². The van der Waals surface area contributed by atoms with Gasteiger partial charge in [-0.25, -0.2) is 0 Å². The number of amides is 1. The van der Waals surface area contributed by atoms with Crippen LogP contribution >= 0.6 is 0 Å². The number of unbranched alkanes of at least 4 members (excludes halogenated alkanes) is 1. The lowest BCUT2D eigenvalue weighted by atomic mass is 9.87. The molecule has 0 saturated heterocycles. The van der Waals surface area contributed by atoms with Gasteiger partial charge in [-0.1, -0.05) is 44.9 Å². The quantitative estimate of drug-likeness (QED) is 0.763. The summed E-state index contributed by atoms with van der Waals surface area (Å²) in [5, 5.41) is 12.0. The molecule has 1 rings (SSSR count). The van der Waals surface area contributed by atoms with Crippen molar-refractivity contribution in [2.24, 2.45) is 11.8 Å². The smallest absolute Gasteiger partial charge is 0.306 e. The minimum Gasteiger partial charge on any atom is -0.481 e. The first-order valence-electron chi connectivity index (χ1n) is 7.12. The number of carboxylic acid groups (broad SMARTS) is 1. The van der Waals surface area contributed by atoms with Gasteiger partial charge >= 0.3 is 5.97 Å². The first-order chi connectivity index (χ1) is 9.54. The van der Waals surface area contributed by atoms with Crippen molar-refractivity contribution >= 4 is 17.6 Å². The molecular formula is C16H23NO3. The average Bonchev–Trinajstić information content (AvgIpc) is 2.39. The summed E-state index contributed by atoms with van der Waals surface area (Å²) in [6, 6.07) is 9.20. The van der Waals surface area contributed by atoms with E-state index in [1.54, 1.807) is 0 Å². The molecule has 0 fully saturated rings. The van der Waals surface area contributed by atoms with Crippen molar-refractivity contribution in [2.45, 2.75) is 39.5 Å². The molecule has 0 aliphatic rings. The molecule has 4 nitrogen and oxygen atoms in total. The van der Waals surface area contributed by atoms with Gasteiger partial charge in [-0.05, 0) is 24.5 Å². The van der Waals surface area contributed by atoms with Crippen LogP contribution in [0, 0.1) is 11.8 Å². The summed E-state index contributed by atoms with van der Waals surface area (Å²) >= 11 is 0. The Morgan fingerprint density at radius 1 is 1.25 bits per heavy atom. The number of hydrogen-bond acceptors (Lipinski definition) is 2. The van der Waals surface area contributed by atoms with Gasteiger partial charge in [0, 0.05) is 12.1 Å². The van der Waals surface area contributed by atoms with Crippen LogP contribution in [0.4, 0.5) is 5.69 Å². The number of carbonyl (C=O) groups excluding carboxylic acids is 1. The maximum absolute atomic E-state index is 11.9. The van der Waals surface area contributed by atoms with Crippen LogP contribution in [0.1, 0.15) is 39.5 Å². The molecule has 2 atom stereocenters. The molecule has 1 amide bonds. The fourth-order valence-corrected chi connectivity index (χ4v) is 2.24. The summed E-state index contributed by atoms with van der Waals surface area (Å²) in [6.07, 6.45) is 2.70. The van der Waals surface area contributed by atoms with Crippen LogP contribution in [0.2, 0.25) is 0 Å². The molecule has 1 aromatic carbocycles. The van der Waals surface area contributed by atoms with Crippen LogP contribution in [-0.4, -0.2) is 17.0 Å². The number of rotatable bonds is 8. The highest BCUT2D eigenvalue weighted by molar-refractivity contribution is 5.91. The fraction of sp³-hybridized carbons (Fsp3) is 0.500. The van der Waals surface area contributed by atoms with Crippen LogP contribution in [0.15, 0.2) is 30.3 Å². The van der Waals surface area contributed by atoms with Gasteiger partial charge in [-0.15, -0.1) is 0 Å². The monoisotopic (exact) mass is 277 g/mol. The summed E-state index contributed by atoms with van der Waals surface area (Å²) in [5.41, 5.74) is 0.741. The van der Waals surface area contributed by atoms with Gasteiger partial charge in [0.15, 0.2) is 0 Å². The van der Waals surface area contributed by atoms with Gasteiger partial charge in [0.2, 0.25) is 5.91 Å². The predicted octanol–water partition coefficient (Wildman–Crippen LogP) is 3.54. The van der Waals surface area contributed by atoms with Gasteiger partial charge in [0.1, 0.15) is 0 Å². The van der Waals surface area contributed by atoms with E-state index in [-0.39, 0.29) is 18.2 Å². The third kappa shape index (κ3) is 5.43. The summed E-state index contributed by atoms with van der Waals surface area (Å²) < 4.78 is 0. The van der Waals surface area contributed by atoms with Gasteiger partial charge in [-0.2, -0.15) is 0 Å². The highest BCUT2D eigenvalue weighted by atomic mass is 16.4. The Bertz CT molecular complexity index is 431. The third-order valence-corrected chi connectivity index (χ3v) is 3.44. The maximum atomic E-state index is 11.9. The second kappa shape index (κ2) is 8.35. The standard InChI is InChI=1S/C16H23NO3/c1-3-4-10-14(16(19)20)12(2)11-15(18)17-13-8-6-5-7-9-13/h5-9,12,14H,3-4,10-11H2,1-2H3,(H,17,18)(H,19,20)/t12-,14+/m0/s1. The minimum atomic E-state index is -0.807. The van der Waals surface area contributed by atoms with Crippen molar-refractivity contribution < 1.29 is 14.7 Å². The summed E-state index contributed by atoms with van der Waals surface area (Å²) in [7, 11) is 0. The van der Waals surface area contributed by atoms with E-state index in [0.29, 0.717) is 6.42 Å². The van der Waals surface area contributed by atoms with Crippen LogP contribution in [0.3, 0.4) is 0 Å². The highest BCUT2D eigenvalue weighted by Crippen LogP contribution is 2.22. The zero-order chi connectivity index (χ0) is 15.0. The van der Waals surface area contributed by atoms with E-state index in [1.165, 1.54) is 0 Å². The Hall–Kier alpha value is -1.84. The Morgan fingerprint density at radius 2 is 1.90 bits per heavy atom. The van der Waals surface area contributed by atoms with E-state index in [9.17, 15) is 14.7 Å². The molecule has 1 aromatic rings. The van der Waals surface area contributed by atoms with E-state index in [4.69, 9.17) is 0 Å². The fourth-order valence-electron chi connectivity index (χ4n) is 2.24. The minimum absolute atomic E-state index is 0.133. The van der Waals surface area contributed by atoms with Crippen molar-refractivity contribution in [3.63, 3.8) is 0 Å². The topological polar surface area (TPSA) is 66.4 Å². The lowest BCUT2D eigenvalue weighted by Crippen LogP contribution is -2.26. The number of aliphatic carboxylic acids is 1. The van der Waals surface area contributed by atoms with Crippen molar-refractivity contribution in [3.8, 4) is 0 Å². The molecule has 0 radical (unpaired) electrons. The van der Waals surface area contributed by atoms with Crippen LogP contribution in [0.5, 0.6) is 0 Å². The second-order valence-corrected chi connectivity index (χ2v) is 5.18. The number of nitrogens with one attached hydrogen (secondary N) is 1. The molecular weight excluding hydrogens is 254 g/mol. The molecule has 0 aliphatic heterocycles. The number of benzene rings is 1. The van der Waals surface area contributed by atoms with Gasteiger partial charge < -0.3 is 10.4 Å². The van der Waals surface area contributed by atoms with E-state index in [2.05, 4.69) is 5.32 Å². The van der Waals surface area contributed by atoms with Crippen LogP contribution in [-0.2, 0) is 9.59 Å². The number of carboxylic acids is 1. The molecule has 0 heterocycles. The molecule has 0 aromatic heterocycles. The van der Waals surface area contributed by atoms with Crippen molar-refractivity contribution in [3.05, 3.63) is 30.3 Å². The molecule has 4 heteroatoms. The normalized spacial score (nSPS) is 13.5. The molecule has 0 spiro atoms. The Labute approximate surface area is 120 Å². The predicted molar refractivity (Wildman–Crippen MR) is 79.5 cm³/mol. The van der Waals surface area contributed by atoms with Gasteiger partial charge in [0.05, 0.1) is 5.92 Å². The number of carbonyl (C=O) groups is 2. The van der Waals surface area contributed by atoms with E-state index in [1.807, 2.05) is 44.2 Å². The zero-order valence-electron chi connectivity index (χ0n) is 12.1. The SMILES string of the molecule is CCCC[C@@H](C(=O)O)[C@@H](C)CC(=O)Nc1ccccc1. The molecule has 0 saturated carbocycles. The Morgan fingerprint density at radius 3 is 2.45 bits per heavy atom. The summed E-state index contributed by atoms with van der Waals surface area (Å²) in [4.78, 5) is 23.2. The largest absolute Gasteiger partial charge is 0.481 e. The van der Waals surface area contributed by atoms with Gasteiger partial charge in [0.25, 0.3) is 0 Å². The second-order valence-electron chi connectivity index (χ2n) is 5.18. The first-order valence-corrected chi connectivity index (χ1v) is 7.12. The van der Waals surface area contributed by atoms with Crippen LogP contribution in [0.25, 0.3) is 0 Å². The Kier molecular flexibility index (Phi) is 6.77. The zero-order valence-corrected chi connectivity index (χ0v) is 12.1. The van der Waals surface area contributed by atoms with Crippen molar-refractivity contribution in [1.82, 2.24) is 0 Å². The summed E-state index contributed by atoms with van der Waals surface area (Å²) in [5.74, 6) is -1.55. The lowest BCUT2D eigenvalue weighted by molar-refractivity contribution is -0.144.